The maximum atomic E-state index is 14.1. The van der Waals surface area contributed by atoms with Gasteiger partial charge >= 0.3 is 24.2 Å². The molecular weight excluding hydrogens is 953 g/mol. The van der Waals surface area contributed by atoms with Crippen LogP contribution in [0.4, 0.5) is 26.1 Å². The van der Waals surface area contributed by atoms with E-state index in [1.54, 1.807) is 65.8 Å². The highest BCUT2D eigenvalue weighted by Gasteiger charge is 2.36. The topological polar surface area (TPSA) is 324 Å². The number of carboxylic acids is 1. The van der Waals surface area contributed by atoms with E-state index in [0.717, 1.165) is 27.3 Å². The fourth-order valence-corrected chi connectivity index (χ4v) is 6.75. The highest BCUT2D eigenvalue weighted by Crippen LogP contribution is 2.27. The number of hydrogen-bond donors (Lipinski definition) is 4. The Morgan fingerprint density at radius 3 is 1.77 bits per heavy atom. The van der Waals surface area contributed by atoms with Gasteiger partial charge in [-0.05, 0) is 52.7 Å². The Labute approximate surface area is 417 Å². The van der Waals surface area contributed by atoms with E-state index >= 15 is 0 Å². The fourth-order valence-electron chi connectivity index (χ4n) is 6.75. The molecule has 4 heterocycles. The Bertz CT molecular complexity index is 2910. The van der Waals surface area contributed by atoms with Crippen LogP contribution < -0.4 is 26.0 Å². The standard InChI is InChI=1S/C47H56N14O12/c1-46(2,3)72-44(68)61(45(69)73-47(4,5)6)39-36-38(51-27-52-39)59(28-53-36)22-33(63)57(20-18-50-43(67)71-26-31-15-11-8-12-16-31)21-32(62)49-17-19-58(24-35(65)66)34(64)23-60-29-54-37-40(60)55-42(48)56-41(37)70-25-30-13-9-7-10-14-30/h7-16,27-29H,17-26H2,1-6H3,(H,49,62)(H,50,67)(H,65,66)(H2,48,55,56). The molecule has 386 valence electrons. The normalized spacial score (nSPS) is 11.4. The number of ether oxygens (including phenoxy) is 4. The van der Waals surface area contributed by atoms with E-state index in [2.05, 4.69) is 40.5 Å². The molecule has 6 amide bonds. The van der Waals surface area contributed by atoms with Gasteiger partial charge in [-0.2, -0.15) is 14.9 Å². The largest absolute Gasteiger partial charge is 0.480 e. The Hall–Kier alpha value is -8.97. The van der Waals surface area contributed by atoms with Crippen LogP contribution in [0.15, 0.2) is 79.6 Å². The minimum absolute atomic E-state index is 0.0158. The fraction of sp³-hybridized carbons (Fsp3) is 0.383. The Kier molecular flexibility index (Phi) is 17.4. The van der Waals surface area contributed by atoms with Crippen molar-refractivity contribution >= 4 is 76.1 Å². The smallest absolute Gasteiger partial charge is 0.425 e. The summed E-state index contributed by atoms with van der Waals surface area (Å²) >= 11 is 0. The first-order valence-corrected chi connectivity index (χ1v) is 22.7. The number of aliphatic carboxylic acids is 1. The van der Waals surface area contributed by atoms with E-state index in [1.165, 1.54) is 21.8 Å². The molecule has 5 N–H and O–H groups in total. The summed E-state index contributed by atoms with van der Waals surface area (Å²) in [5, 5.41) is 14.9. The van der Waals surface area contributed by atoms with Gasteiger partial charge in [0.15, 0.2) is 28.1 Å². The number of nitrogens with two attached hydrogens (primary N) is 1. The zero-order valence-electron chi connectivity index (χ0n) is 41.0. The third-order valence-corrected chi connectivity index (χ3v) is 9.96. The van der Waals surface area contributed by atoms with Gasteiger partial charge in [-0.1, -0.05) is 60.7 Å². The number of imidazole rings is 2. The summed E-state index contributed by atoms with van der Waals surface area (Å²) in [5.41, 5.74) is 5.84. The summed E-state index contributed by atoms with van der Waals surface area (Å²) in [5.74, 6) is -3.72. The van der Waals surface area contributed by atoms with E-state index in [0.29, 0.717) is 4.90 Å². The molecule has 2 aromatic carbocycles. The summed E-state index contributed by atoms with van der Waals surface area (Å²) in [6, 6.07) is 18.2. The lowest BCUT2D eigenvalue weighted by molar-refractivity contribution is -0.144. The van der Waals surface area contributed by atoms with Crippen molar-refractivity contribution in [3.05, 3.63) is 90.8 Å². The van der Waals surface area contributed by atoms with Crippen LogP contribution in [0.25, 0.3) is 22.3 Å². The predicted octanol–water partition coefficient (Wildman–Crippen LogP) is 3.29. The van der Waals surface area contributed by atoms with Crippen LogP contribution in [0.5, 0.6) is 5.88 Å². The van der Waals surface area contributed by atoms with Crippen molar-refractivity contribution in [2.45, 2.75) is 79.0 Å². The minimum atomic E-state index is -1.32. The van der Waals surface area contributed by atoms with Gasteiger partial charge in [-0.25, -0.2) is 34.3 Å². The monoisotopic (exact) mass is 1010 g/mol. The maximum absolute atomic E-state index is 14.1. The van der Waals surface area contributed by atoms with Crippen molar-refractivity contribution in [1.82, 2.24) is 59.5 Å². The number of carbonyl (C=O) groups excluding carboxylic acids is 6. The SMILES string of the molecule is CC(C)(C)OC(=O)N(C(=O)OC(C)(C)C)c1ncnc2c1ncn2CC(=O)N(CCNC(=O)OCc1ccccc1)CC(=O)NCCN(CC(=O)O)C(=O)Cn1cnc2c(OCc3ccccc3)nc(N)nc21. The predicted molar refractivity (Wildman–Crippen MR) is 259 cm³/mol. The molecule has 26 heteroatoms. The summed E-state index contributed by atoms with van der Waals surface area (Å²) < 4.78 is 24.8. The lowest BCUT2D eigenvalue weighted by Crippen LogP contribution is -2.47. The van der Waals surface area contributed by atoms with Crippen LogP contribution in [-0.4, -0.2) is 146 Å². The van der Waals surface area contributed by atoms with Crippen molar-refractivity contribution in [1.29, 1.82) is 0 Å². The third-order valence-electron chi connectivity index (χ3n) is 9.96. The molecule has 0 bridgehead atoms. The molecule has 0 radical (unpaired) electrons. The first kappa shape index (κ1) is 53.4. The quantitative estimate of drug-likeness (QED) is 0.0797. The third kappa shape index (κ3) is 15.5. The average molecular weight is 1010 g/mol. The van der Waals surface area contributed by atoms with Gasteiger partial charge in [0, 0.05) is 26.2 Å². The second-order valence-electron chi connectivity index (χ2n) is 18.1. The van der Waals surface area contributed by atoms with Gasteiger partial charge in [0.25, 0.3) is 0 Å². The van der Waals surface area contributed by atoms with Gasteiger partial charge < -0.3 is 59.4 Å². The number of hydrogen-bond acceptors (Lipinski definition) is 18. The second-order valence-corrected chi connectivity index (χ2v) is 18.1. The number of imide groups is 1. The number of anilines is 2. The molecule has 6 aromatic rings. The van der Waals surface area contributed by atoms with E-state index in [9.17, 15) is 38.7 Å². The molecule has 0 aliphatic heterocycles. The van der Waals surface area contributed by atoms with E-state index in [1.807, 2.05) is 36.4 Å². The molecule has 0 aliphatic carbocycles. The van der Waals surface area contributed by atoms with Crippen molar-refractivity contribution in [3.63, 3.8) is 0 Å². The maximum Gasteiger partial charge on any atom is 0.425 e. The van der Waals surface area contributed by atoms with Gasteiger partial charge in [0.05, 0.1) is 19.2 Å². The lowest BCUT2D eigenvalue weighted by atomic mass is 10.2. The van der Waals surface area contributed by atoms with Crippen LogP contribution in [-0.2, 0) is 59.7 Å². The van der Waals surface area contributed by atoms with Gasteiger partial charge in [0.2, 0.25) is 29.5 Å². The molecule has 0 saturated heterocycles. The molecule has 26 nitrogen and oxygen atoms in total. The first-order chi connectivity index (χ1) is 34.6. The summed E-state index contributed by atoms with van der Waals surface area (Å²) in [4.78, 5) is 121. The summed E-state index contributed by atoms with van der Waals surface area (Å²) in [6.45, 7) is 6.72. The number of alkyl carbamates (subject to hydrolysis) is 1. The van der Waals surface area contributed by atoms with Crippen molar-refractivity contribution in [2.24, 2.45) is 0 Å². The number of amides is 6. The van der Waals surface area contributed by atoms with Crippen molar-refractivity contribution in [3.8, 4) is 5.88 Å². The molecule has 0 spiro atoms. The molecule has 6 rings (SSSR count). The van der Waals surface area contributed by atoms with Gasteiger partial charge in [-0.15, -0.1) is 0 Å². The highest BCUT2D eigenvalue weighted by molar-refractivity contribution is 6.12. The van der Waals surface area contributed by atoms with E-state index in [-0.39, 0.29) is 79.4 Å². The zero-order valence-corrected chi connectivity index (χ0v) is 41.0. The van der Waals surface area contributed by atoms with E-state index < -0.39 is 79.4 Å². The van der Waals surface area contributed by atoms with Crippen LogP contribution in [0.2, 0.25) is 0 Å². The molecular formula is C47H56N14O12. The lowest BCUT2D eigenvalue weighted by Gasteiger charge is -2.28. The Morgan fingerprint density at radius 2 is 1.19 bits per heavy atom. The number of aromatic nitrogens is 8. The Morgan fingerprint density at radius 1 is 0.658 bits per heavy atom. The van der Waals surface area contributed by atoms with Crippen molar-refractivity contribution in [2.75, 3.05) is 49.9 Å². The average Bonchev–Trinajstić information content (AvgIpc) is 3.92. The molecule has 0 unspecified atom stereocenters. The highest BCUT2D eigenvalue weighted by atomic mass is 16.6. The molecule has 4 aromatic heterocycles. The number of nitrogens with one attached hydrogen (secondary N) is 2. The summed E-state index contributed by atoms with van der Waals surface area (Å²) in [7, 11) is 0. The molecule has 0 aliphatic rings. The molecule has 0 atom stereocenters. The molecule has 0 fully saturated rings. The summed E-state index contributed by atoms with van der Waals surface area (Å²) in [6.07, 6.45) is 0.588. The number of benzene rings is 2. The van der Waals surface area contributed by atoms with E-state index in [4.69, 9.17) is 24.7 Å². The first-order valence-electron chi connectivity index (χ1n) is 22.7. The zero-order chi connectivity index (χ0) is 52.9. The molecule has 73 heavy (non-hydrogen) atoms. The number of carbonyl (C=O) groups is 7. The number of rotatable bonds is 20. The number of fused-ring (bicyclic) bond motifs is 2. The number of carboxylic acid groups (broad SMARTS) is 1. The van der Waals surface area contributed by atoms with Crippen LogP contribution >= 0.6 is 0 Å². The molecule has 0 saturated carbocycles. The van der Waals surface area contributed by atoms with Crippen molar-refractivity contribution < 1.29 is 57.6 Å². The van der Waals surface area contributed by atoms with Gasteiger partial charge in [0.1, 0.15) is 50.4 Å². The van der Waals surface area contributed by atoms with Crippen LogP contribution in [0, 0.1) is 0 Å². The van der Waals surface area contributed by atoms with Crippen LogP contribution in [0.3, 0.4) is 0 Å². The Balaban J connectivity index is 1.14. The number of nitrogens with zero attached hydrogens (tertiary/aromatic N) is 11. The number of nitrogen functional groups attached to an aromatic ring is 1. The minimum Gasteiger partial charge on any atom is -0.480 e. The van der Waals surface area contributed by atoms with Gasteiger partial charge in [-0.3, -0.25) is 19.2 Å². The second kappa shape index (κ2) is 23.8. The van der Waals surface area contributed by atoms with Crippen LogP contribution in [0.1, 0.15) is 52.7 Å².